The molecule has 0 bridgehead atoms. The Kier molecular flexibility index (Phi) is 4.43. The van der Waals surface area contributed by atoms with E-state index >= 15 is 0 Å². The average molecular weight is 277 g/mol. The van der Waals surface area contributed by atoms with Gasteiger partial charge in [-0.1, -0.05) is 12.1 Å². The Morgan fingerprint density at radius 1 is 1.30 bits per heavy atom. The van der Waals surface area contributed by atoms with E-state index < -0.39 is 10.7 Å². The molecule has 0 amide bonds. The Morgan fingerprint density at radius 2 is 2.10 bits per heavy atom. The van der Waals surface area contributed by atoms with Crippen LogP contribution in [0.25, 0.3) is 0 Å². The second-order valence-electron chi connectivity index (χ2n) is 3.86. The number of pyridine rings is 1. The molecule has 0 aliphatic rings. The minimum atomic E-state index is -0.516. The smallest absolute Gasteiger partial charge is 0.287 e. The molecule has 0 unspecified atom stereocenters. The molecule has 1 aromatic heterocycles. The van der Waals surface area contributed by atoms with Gasteiger partial charge in [0.1, 0.15) is 18.6 Å². The fraction of sp³-hybridized carbons (Fsp3) is 0.154. The van der Waals surface area contributed by atoms with Crippen molar-refractivity contribution in [3.05, 3.63) is 58.5 Å². The predicted octanol–water partition coefficient (Wildman–Crippen LogP) is 2.62. The lowest BCUT2D eigenvalue weighted by Crippen LogP contribution is -2.12. The number of hydrogen-bond acceptors (Lipinski definition) is 5. The Labute approximate surface area is 114 Å². The average Bonchev–Trinajstić information content (AvgIpc) is 2.46. The molecule has 0 atom stereocenters. The Bertz CT molecular complexity index is 590. The standard InChI is InChI=1S/C13H12FN3O3/c14-11-3-1-2-4-12(11)20-8-7-15-13-6-5-10(9-16-13)17(18)19/h1-6,9H,7-8H2,(H,15,16). The zero-order chi connectivity index (χ0) is 14.4. The van der Waals surface area contributed by atoms with Crippen LogP contribution in [-0.2, 0) is 0 Å². The van der Waals surface area contributed by atoms with Crippen molar-refractivity contribution >= 4 is 11.5 Å². The number of nitro groups is 1. The van der Waals surface area contributed by atoms with Gasteiger partial charge in [-0.2, -0.15) is 0 Å². The Balaban J connectivity index is 1.79. The van der Waals surface area contributed by atoms with Gasteiger partial charge in [-0.3, -0.25) is 10.1 Å². The van der Waals surface area contributed by atoms with Crippen LogP contribution in [0, 0.1) is 15.9 Å². The van der Waals surface area contributed by atoms with Crippen molar-refractivity contribution in [1.82, 2.24) is 4.98 Å². The summed E-state index contributed by atoms with van der Waals surface area (Å²) in [6, 6.07) is 8.99. The molecule has 0 spiro atoms. The van der Waals surface area contributed by atoms with Crippen molar-refractivity contribution < 1.29 is 14.1 Å². The van der Waals surface area contributed by atoms with Gasteiger partial charge in [0.25, 0.3) is 5.69 Å². The van der Waals surface area contributed by atoms with Crippen molar-refractivity contribution in [2.24, 2.45) is 0 Å². The minimum absolute atomic E-state index is 0.0712. The number of nitrogens with one attached hydrogen (secondary N) is 1. The normalized spacial score (nSPS) is 10.1. The highest BCUT2D eigenvalue weighted by Gasteiger charge is 2.05. The largest absolute Gasteiger partial charge is 0.489 e. The lowest BCUT2D eigenvalue weighted by Gasteiger charge is -2.08. The topological polar surface area (TPSA) is 77.3 Å². The summed E-state index contributed by atoms with van der Waals surface area (Å²) in [7, 11) is 0. The van der Waals surface area contributed by atoms with E-state index in [0.29, 0.717) is 12.4 Å². The first-order chi connectivity index (χ1) is 9.66. The van der Waals surface area contributed by atoms with Crippen LogP contribution in [0.3, 0.4) is 0 Å². The highest BCUT2D eigenvalue weighted by molar-refractivity contribution is 5.40. The van der Waals surface area contributed by atoms with Gasteiger partial charge >= 0.3 is 0 Å². The van der Waals surface area contributed by atoms with E-state index in [1.165, 1.54) is 24.4 Å². The summed E-state index contributed by atoms with van der Waals surface area (Å²) in [6.45, 7) is 0.652. The number of nitrogens with zero attached hydrogens (tertiary/aromatic N) is 2. The van der Waals surface area contributed by atoms with E-state index in [1.54, 1.807) is 18.2 Å². The van der Waals surface area contributed by atoms with Crippen LogP contribution in [-0.4, -0.2) is 23.1 Å². The third-order valence-electron chi connectivity index (χ3n) is 2.46. The van der Waals surface area contributed by atoms with Crippen LogP contribution < -0.4 is 10.1 Å². The first-order valence-electron chi connectivity index (χ1n) is 5.88. The van der Waals surface area contributed by atoms with Crippen molar-refractivity contribution in [3.8, 4) is 5.75 Å². The maximum absolute atomic E-state index is 13.2. The maximum atomic E-state index is 13.2. The molecule has 6 nitrogen and oxygen atoms in total. The molecule has 2 rings (SSSR count). The van der Waals surface area contributed by atoms with Crippen molar-refractivity contribution in [3.63, 3.8) is 0 Å². The van der Waals surface area contributed by atoms with Crippen molar-refractivity contribution in [2.45, 2.75) is 0 Å². The van der Waals surface area contributed by atoms with Gasteiger partial charge in [-0.25, -0.2) is 9.37 Å². The molecule has 1 aromatic carbocycles. The zero-order valence-corrected chi connectivity index (χ0v) is 10.5. The molecule has 0 saturated carbocycles. The van der Waals surface area contributed by atoms with Gasteiger partial charge < -0.3 is 10.1 Å². The van der Waals surface area contributed by atoms with Crippen LogP contribution in [0.15, 0.2) is 42.6 Å². The highest BCUT2D eigenvalue weighted by atomic mass is 19.1. The first-order valence-corrected chi connectivity index (χ1v) is 5.88. The molecule has 0 radical (unpaired) electrons. The van der Waals surface area contributed by atoms with E-state index in [0.717, 1.165) is 0 Å². The fourth-order valence-corrected chi connectivity index (χ4v) is 1.50. The second-order valence-corrected chi connectivity index (χ2v) is 3.86. The molecule has 1 N–H and O–H groups in total. The zero-order valence-electron chi connectivity index (χ0n) is 10.5. The number of aromatic nitrogens is 1. The van der Waals surface area contributed by atoms with E-state index in [9.17, 15) is 14.5 Å². The molecule has 104 valence electrons. The number of halogens is 1. The number of anilines is 1. The molecular formula is C13H12FN3O3. The maximum Gasteiger partial charge on any atom is 0.287 e. The van der Waals surface area contributed by atoms with Gasteiger partial charge in [0, 0.05) is 6.07 Å². The molecule has 1 heterocycles. The van der Waals surface area contributed by atoms with Crippen LogP contribution in [0.1, 0.15) is 0 Å². The van der Waals surface area contributed by atoms with Gasteiger partial charge in [0.15, 0.2) is 11.6 Å². The van der Waals surface area contributed by atoms with Crippen molar-refractivity contribution in [1.29, 1.82) is 0 Å². The summed E-state index contributed by atoms with van der Waals surface area (Å²) < 4.78 is 18.5. The summed E-state index contributed by atoms with van der Waals surface area (Å²) >= 11 is 0. The lowest BCUT2D eigenvalue weighted by molar-refractivity contribution is -0.385. The summed E-state index contributed by atoms with van der Waals surface area (Å²) in [6.07, 6.45) is 1.17. The third-order valence-corrected chi connectivity index (χ3v) is 2.46. The van der Waals surface area contributed by atoms with Crippen LogP contribution in [0.5, 0.6) is 5.75 Å². The van der Waals surface area contributed by atoms with E-state index in [-0.39, 0.29) is 18.0 Å². The molecule has 20 heavy (non-hydrogen) atoms. The number of para-hydroxylation sites is 1. The van der Waals surface area contributed by atoms with E-state index in [2.05, 4.69) is 10.3 Å². The number of benzene rings is 1. The molecular weight excluding hydrogens is 265 g/mol. The van der Waals surface area contributed by atoms with Crippen LogP contribution in [0.4, 0.5) is 15.9 Å². The van der Waals surface area contributed by atoms with E-state index in [1.807, 2.05) is 0 Å². The summed E-state index contributed by atoms with van der Waals surface area (Å²) in [4.78, 5) is 13.8. The Morgan fingerprint density at radius 3 is 2.75 bits per heavy atom. The molecule has 0 aliphatic carbocycles. The Hall–Kier alpha value is -2.70. The van der Waals surface area contributed by atoms with E-state index in [4.69, 9.17) is 4.74 Å². The quantitative estimate of drug-likeness (QED) is 0.499. The SMILES string of the molecule is O=[N+]([O-])c1ccc(NCCOc2ccccc2F)nc1. The third kappa shape index (κ3) is 3.64. The molecule has 2 aromatic rings. The lowest BCUT2D eigenvalue weighted by atomic mass is 10.3. The molecule has 0 aliphatic heterocycles. The van der Waals surface area contributed by atoms with Crippen LogP contribution in [0.2, 0.25) is 0 Å². The predicted molar refractivity (Wildman–Crippen MR) is 71.3 cm³/mol. The second kappa shape index (κ2) is 6.46. The van der Waals surface area contributed by atoms with Gasteiger partial charge in [0.05, 0.1) is 11.5 Å². The monoisotopic (exact) mass is 277 g/mol. The molecule has 7 heteroatoms. The summed E-state index contributed by atoms with van der Waals surface area (Å²) in [5.41, 5.74) is -0.0712. The minimum Gasteiger partial charge on any atom is -0.489 e. The van der Waals surface area contributed by atoms with Crippen LogP contribution >= 0.6 is 0 Å². The first kappa shape index (κ1) is 13.7. The number of hydrogen-bond donors (Lipinski definition) is 1. The van der Waals surface area contributed by atoms with Crippen molar-refractivity contribution in [2.75, 3.05) is 18.5 Å². The number of rotatable bonds is 6. The van der Waals surface area contributed by atoms with Gasteiger partial charge in [-0.05, 0) is 18.2 Å². The van der Waals surface area contributed by atoms with Gasteiger partial charge in [-0.15, -0.1) is 0 Å². The van der Waals surface area contributed by atoms with Gasteiger partial charge in [0.2, 0.25) is 0 Å². The summed E-state index contributed by atoms with van der Waals surface area (Å²) in [5, 5.41) is 13.4. The summed E-state index contributed by atoms with van der Waals surface area (Å²) in [5.74, 6) is 0.264. The highest BCUT2D eigenvalue weighted by Crippen LogP contribution is 2.15. The number of ether oxygens (including phenoxy) is 1. The molecule has 0 fully saturated rings. The molecule has 0 saturated heterocycles. The fourth-order valence-electron chi connectivity index (χ4n) is 1.50.